The molecule has 0 rings (SSSR count). The third kappa shape index (κ3) is 9.34. The van der Waals surface area contributed by atoms with Gasteiger partial charge < -0.3 is 14.6 Å². The Bertz CT molecular complexity index is 87.5. The van der Waals surface area contributed by atoms with Crippen LogP contribution in [0.2, 0.25) is 0 Å². The van der Waals surface area contributed by atoms with E-state index in [0.717, 1.165) is 6.92 Å². The maximum absolute atomic E-state index is 9.61. The summed E-state index contributed by atoms with van der Waals surface area (Å²) < 4.78 is 3.42. The Morgan fingerprint density at radius 3 is 1.88 bits per heavy atom. The van der Waals surface area contributed by atoms with Gasteiger partial charge in [0.1, 0.15) is 0 Å². The molecule has 0 aromatic heterocycles. The Morgan fingerprint density at radius 2 is 1.88 bits per heavy atom. The van der Waals surface area contributed by atoms with Crippen molar-refractivity contribution in [3.8, 4) is 0 Å². The van der Waals surface area contributed by atoms with Crippen molar-refractivity contribution in [1.29, 1.82) is 0 Å². The zero-order chi connectivity index (χ0) is 5.86. The van der Waals surface area contributed by atoms with Crippen LogP contribution in [0.1, 0.15) is 6.92 Å². The summed E-state index contributed by atoms with van der Waals surface area (Å²) in [6, 6.07) is 0. The number of rotatable bonds is 0. The third-order valence-electron chi connectivity index (χ3n) is 0.227. The zero-order valence-corrected chi connectivity index (χ0v) is 6.63. The predicted molar refractivity (Wildman–Crippen MR) is 17.2 cm³/mol. The molecule has 0 heterocycles. The average molecular weight is 126 g/mol. The van der Waals surface area contributed by atoms with E-state index in [1.54, 1.807) is 0 Å². The fourth-order valence-electron chi connectivity index (χ4n) is 0.117. The summed E-state index contributed by atoms with van der Waals surface area (Å²) in [5, 5.41) is 9.26. The Labute approximate surface area is 68.1 Å². The summed E-state index contributed by atoms with van der Waals surface area (Å²) in [6.07, 6.45) is -1.81. The van der Waals surface area contributed by atoms with Gasteiger partial charge in [0, 0.05) is 6.92 Å². The molecule has 0 unspecified atom stereocenters. The van der Waals surface area contributed by atoms with E-state index in [9.17, 15) is 14.7 Å². The Balaban J connectivity index is 0. The summed E-state index contributed by atoms with van der Waals surface area (Å²) in [5.41, 5.74) is 0. The largest absolute Gasteiger partial charge is 1.00 e. The molecule has 0 aliphatic heterocycles. The van der Waals surface area contributed by atoms with Gasteiger partial charge in [-0.05, 0) is 0 Å². The minimum absolute atomic E-state index is 0. The van der Waals surface area contributed by atoms with Crippen LogP contribution in [0.4, 0.5) is 4.79 Å². The quantitative estimate of drug-likeness (QED) is 0.188. The average Bonchev–Trinajstić information content (AvgIpc) is 1.27. The van der Waals surface area contributed by atoms with Gasteiger partial charge in [0.05, 0.1) is 0 Å². The van der Waals surface area contributed by atoms with Gasteiger partial charge >= 0.3 is 29.6 Å². The summed E-state index contributed by atoms with van der Waals surface area (Å²) >= 11 is 0. The molecule has 0 N–H and O–H groups in total. The first-order valence-corrected chi connectivity index (χ1v) is 1.52. The van der Waals surface area contributed by atoms with Gasteiger partial charge in [-0.2, -0.15) is 0 Å². The van der Waals surface area contributed by atoms with Crippen molar-refractivity contribution < 1.29 is 49.0 Å². The molecule has 0 atom stereocenters. The second-order valence-electron chi connectivity index (χ2n) is 0.844. The van der Waals surface area contributed by atoms with Crippen molar-refractivity contribution in [3.05, 3.63) is 0 Å². The number of esters is 1. The topological polar surface area (TPSA) is 66.4 Å². The van der Waals surface area contributed by atoms with Crippen molar-refractivity contribution in [2.24, 2.45) is 0 Å². The molecule has 0 aliphatic rings. The van der Waals surface area contributed by atoms with Crippen LogP contribution in [0.25, 0.3) is 0 Å². The van der Waals surface area contributed by atoms with Crippen LogP contribution in [0.3, 0.4) is 0 Å². The van der Waals surface area contributed by atoms with E-state index in [0.29, 0.717) is 0 Å². The van der Waals surface area contributed by atoms with E-state index in [-0.39, 0.29) is 29.6 Å². The van der Waals surface area contributed by atoms with E-state index < -0.39 is 12.1 Å². The Hall–Kier alpha value is -0.0600. The van der Waals surface area contributed by atoms with E-state index >= 15 is 0 Å². The standard InChI is InChI=1S/C3H4O4.Na/c1-2(4)7-3(5)6;/h1H3,(H,5,6);/q;+1/p-1. The number of carbonyl (C=O) groups is 2. The molecule has 0 saturated heterocycles. The maximum atomic E-state index is 9.61. The molecule has 0 radical (unpaired) electrons. The number of hydrogen-bond donors (Lipinski definition) is 0. The minimum atomic E-state index is -1.81. The van der Waals surface area contributed by atoms with Crippen LogP contribution in [-0.4, -0.2) is 12.1 Å². The third-order valence-corrected chi connectivity index (χ3v) is 0.227. The molecular formula is C3H3NaO4. The van der Waals surface area contributed by atoms with E-state index in [2.05, 4.69) is 4.74 Å². The van der Waals surface area contributed by atoms with Gasteiger partial charge in [-0.25, -0.2) is 0 Å². The Kier molecular flexibility index (Phi) is 6.89. The summed E-state index contributed by atoms with van der Waals surface area (Å²) in [7, 11) is 0. The van der Waals surface area contributed by atoms with Crippen LogP contribution >= 0.6 is 0 Å². The first kappa shape index (κ1) is 10.8. The number of hydrogen-bond acceptors (Lipinski definition) is 4. The van der Waals surface area contributed by atoms with Crippen LogP contribution < -0.4 is 34.7 Å². The van der Waals surface area contributed by atoms with Crippen LogP contribution in [0, 0.1) is 0 Å². The summed E-state index contributed by atoms with van der Waals surface area (Å²) in [5.74, 6) is -0.875. The number of carbonyl (C=O) groups excluding carboxylic acids is 2. The molecule has 40 valence electrons. The van der Waals surface area contributed by atoms with Crippen molar-refractivity contribution >= 4 is 12.1 Å². The van der Waals surface area contributed by atoms with Crippen molar-refractivity contribution in [2.45, 2.75) is 6.92 Å². The normalized spacial score (nSPS) is 6.62. The fraction of sp³-hybridized carbons (Fsp3) is 0.333. The maximum Gasteiger partial charge on any atom is 1.00 e. The molecule has 0 amide bonds. The van der Waals surface area contributed by atoms with Gasteiger partial charge in [0.2, 0.25) is 5.97 Å². The zero-order valence-electron chi connectivity index (χ0n) is 4.63. The summed E-state index contributed by atoms with van der Waals surface area (Å²) in [4.78, 5) is 18.9. The van der Waals surface area contributed by atoms with Gasteiger partial charge in [0.25, 0.3) is 6.16 Å². The van der Waals surface area contributed by atoms with Gasteiger partial charge in [-0.3, -0.25) is 4.79 Å². The first-order chi connectivity index (χ1) is 3.13. The number of ether oxygens (including phenoxy) is 1. The van der Waals surface area contributed by atoms with Gasteiger partial charge in [-0.15, -0.1) is 0 Å². The van der Waals surface area contributed by atoms with Gasteiger partial charge in [0.15, 0.2) is 0 Å². The van der Waals surface area contributed by atoms with Crippen LogP contribution in [0.15, 0.2) is 0 Å². The molecule has 0 aromatic carbocycles. The van der Waals surface area contributed by atoms with Crippen molar-refractivity contribution in [2.75, 3.05) is 0 Å². The van der Waals surface area contributed by atoms with E-state index in [1.807, 2.05) is 0 Å². The van der Waals surface area contributed by atoms with Crippen molar-refractivity contribution in [1.82, 2.24) is 0 Å². The van der Waals surface area contributed by atoms with Crippen LogP contribution in [0.5, 0.6) is 0 Å². The van der Waals surface area contributed by atoms with Crippen molar-refractivity contribution in [3.63, 3.8) is 0 Å². The molecule has 0 spiro atoms. The number of carboxylic acid groups (broad SMARTS) is 1. The van der Waals surface area contributed by atoms with Crippen LogP contribution in [-0.2, 0) is 9.53 Å². The second kappa shape index (κ2) is 5.08. The predicted octanol–water partition coefficient (Wildman–Crippen LogP) is -4.10. The molecule has 0 saturated carbocycles. The monoisotopic (exact) mass is 126 g/mol. The molecule has 0 fully saturated rings. The molecule has 4 nitrogen and oxygen atoms in total. The molecule has 0 aliphatic carbocycles. The van der Waals surface area contributed by atoms with E-state index in [4.69, 9.17) is 0 Å². The molecule has 0 bridgehead atoms. The molecular weight excluding hydrogens is 123 g/mol. The van der Waals surface area contributed by atoms with E-state index in [1.165, 1.54) is 0 Å². The molecule has 0 aromatic rings. The first-order valence-electron chi connectivity index (χ1n) is 1.52. The smallest absolute Gasteiger partial charge is 0.484 e. The summed E-state index contributed by atoms with van der Waals surface area (Å²) in [6.45, 7) is 0.982. The Morgan fingerprint density at radius 1 is 1.50 bits per heavy atom. The minimum Gasteiger partial charge on any atom is -0.484 e. The van der Waals surface area contributed by atoms with Gasteiger partial charge in [-0.1, -0.05) is 0 Å². The molecule has 8 heavy (non-hydrogen) atoms. The molecule has 5 heteroatoms. The SMILES string of the molecule is CC(=O)OC(=O)[O-].[Na+]. The second-order valence-corrected chi connectivity index (χ2v) is 0.844. The fourth-order valence-corrected chi connectivity index (χ4v) is 0.117.